The lowest BCUT2D eigenvalue weighted by molar-refractivity contribution is -0.158. The summed E-state index contributed by atoms with van der Waals surface area (Å²) in [6.07, 6.45) is 1.82. The van der Waals surface area contributed by atoms with Crippen LogP contribution in [0.5, 0.6) is 0 Å². The molecule has 0 aliphatic heterocycles. The fourth-order valence-electron chi connectivity index (χ4n) is 4.16. The first-order chi connectivity index (χ1) is 16.0. The van der Waals surface area contributed by atoms with Crippen LogP contribution in [0.25, 0.3) is 0 Å². The first-order valence-electron chi connectivity index (χ1n) is 11.1. The predicted molar refractivity (Wildman–Crippen MR) is 129 cm³/mol. The third-order valence-electron chi connectivity index (χ3n) is 5.80. The molecule has 0 spiro atoms. The Morgan fingerprint density at radius 3 is 2.24 bits per heavy atom. The van der Waals surface area contributed by atoms with E-state index in [0.29, 0.717) is 13.2 Å². The second-order valence-electron chi connectivity index (χ2n) is 8.01. The van der Waals surface area contributed by atoms with Gasteiger partial charge in [0.1, 0.15) is 0 Å². The van der Waals surface area contributed by atoms with E-state index in [2.05, 4.69) is 21.2 Å². The van der Waals surface area contributed by atoms with Crippen molar-refractivity contribution in [3.8, 4) is 0 Å². The Morgan fingerprint density at radius 1 is 1.00 bits per heavy atom. The molecule has 176 valence electrons. The standard InChI is InChI=1S/C26H30BrNO5/c1-2-33-26(31)24-21(17-32-16-19-11-7-4-8-12-19)22(27)13-20(15-29)23(24)25(30)28-14-18-9-5-3-6-10-18/h3-13,20-21,23-24,29H,2,14-17H2,1H3,(H,28,30)/t20-,21-,23+,24+/m1/s1. The Bertz CT molecular complexity index is 934. The molecule has 4 atom stereocenters. The summed E-state index contributed by atoms with van der Waals surface area (Å²) in [6, 6.07) is 19.3. The monoisotopic (exact) mass is 515 g/mol. The van der Waals surface area contributed by atoms with E-state index in [1.54, 1.807) is 6.92 Å². The molecule has 2 N–H and O–H groups in total. The lowest BCUT2D eigenvalue weighted by Gasteiger charge is -2.38. The lowest BCUT2D eigenvalue weighted by atomic mass is 9.70. The number of esters is 1. The molecule has 0 unspecified atom stereocenters. The summed E-state index contributed by atoms with van der Waals surface area (Å²) in [6.45, 7) is 2.64. The molecule has 1 amide bonds. The number of nitrogens with one attached hydrogen (secondary N) is 1. The molecule has 0 heterocycles. The Kier molecular flexibility index (Phi) is 9.66. The van der Waals surface area contributed by atoms with Crippen LogP contribution in [0.2, 0.25) is 0 Å². The summed E-state index contributed by atoms with van der Waals surface area (Å²) in [4.78, 5) is 26.3. The maximum atomic E-state index is 13.3. The molecular formula is C26H30BrNO5. The largest absolute Gasteiger partial charge is 0.466 e. The number of hydrogen-bond acceptors (Lipinski definition) is 5. The fraction of sp³-hybridized carbons (Fsp3) is 0.385. The molecule has 0 saturated carbocycles. The van der Waals surface area contributed by atoms with Gasteiger partial charge in [-0.2, -0.15) is 0 Å². The molecule has 0 fully saturated rings. The molecule has 2 aromatic carbocycles. The van der Waals surface area contributed by atoms with Crippen LogP contribution in [0.1, 0.15) is 18.1 Å². The molecule has 1 aliphatic rings. The highest BCUT2D eigenvalue weighted by Gasteiger charge is 2.48. The topological polar surface area (TPSA) is 84.9 Å². The van der Waals surface area contributed by atoms with Crippen molar-refractivity contribution in [2.45, 2.75) is 20.1 Å². The van der Waals surface area contributed by atoms with Crippen molar-refractivity contribution in [1.29, 1.82) is 0 Å². The SMILES string of the molecule is CCOC(=O)[C@@H]1[C@@H](C(=O)NCc2ccccc2)[C@@H](CO)C=C(Br)[C@H]1COCc1ccccc1. The highest BCUT2D eigenvalue weighted by molar-refractivity contribution is 9.11. The molecule has 6 nitrogen and oxygen atoms in total. The van der Waals surface area contributed by atoms with Gasteiger partial charge in [-0.1, -0.05) is 82.7 Å². The third-order valence-corrected chi connectivity index (χ3v) is 6.65. The Labute approximate surface area is 203 Å². The van der Waals surface area contributed by atoms with Crippen molar-refractivity contribution in [2.75, 3.05) is 19.8 Å². The zero-order valence-corrected chi connectivity index (χ0v) is 20.2. The molecule has 2 aromatic rings. The van der Waals surface area contributed by atoms with Gasteiger partial charge in [0.2, 0.25) is 5.91 Å². The van der Waals surface area contributed by atoms with E-state index >= 15 is 0 Å². The van der Waals surface area contributed by atoms with Gasteiger partial charge >= 0.3 is 5.97 Å². The second kappa shape index (κ2) is 12.7. The number of rotatable bonds is 10. The van der Waals surface area contributed by atoms with Gasteiger partial charge < -0.3 is 19.9 Å². The molecule has 3 rings (SSSR count). The number of ether oxygens (including phenoxy) is 2. The molecule has 0 bridgehead atoms. The maximum Gasteiger partial charge on any atom is 0.310 e. The minimum atomic E-state index is -0.784. The summed E-state index contributed by atoms with van der Waals surface area (Å²) in [5.41, 5.74) is 1.97. The Morgan fingerprint density at radius 2 is 1.64 bits per heavy atom. The van der Waals surface area contributed by atoms with Crippen molar-refractivity contribution in [1.82, 2.24) is 5.32 Å². The average molecular weight is 516 g/mol. The second-order valence-corrected chi connectivity index (χ2v) is 8.93. The smallest absolute Gasteiger partial charge is 0.310 e. The van der Waals surface area contributed by atoms with E-state index in [4.69, 9.17) is 9.47 Å². The van der Waals surface area contributed by atoms with Gasteiger partial charge in [-0.15, -0.1) is 0 Å². The number of carbonyl (C=O) groups is 2. The number of hydrogen-bond donors (Lipinski definition) is 2. The van der Waals surface area contributed by atoms with E-state index in [1.807, 2.05) is 66.7 Å². The van der Waals surface area contributed by atoms with Crippen molar-refractivity contribution in [2.24, 2.45) is 23.7 Å². The minimum Gasteiger partial charge on any atom is -0.466 e. The van der Waals surface area contributed by atoms with Gasteiger partial charge in [-0.25, -0.2) is 0 Å². The van der Waals surface area contributed by atoms with Crippen LogP contribution in [-0.2, 0) is 32.2 Å². The summed E-state index contributed by atoms with van der Waals surface area (Å²) >= 11 is 3.57. The van der Waals surface area contributed by atoms with Crippen molar-refractivity contribution in [3.63, 3.8) is 0 Å². The normalized spacial score (nSPS) is 22.3. The molecule has 0 saturated heterocycles. The zero-order valence-electron chi connectivity index (χ0n) is 18.7. The van der Waals surface area contributed by atoms with Crippen LogP contribution in [0.15, 0.2) is 71.2 Å². The maximum absolute atomic E-state index is 13.3. The summed E-state index contributed by atoms with van der Waals surface area (Å²) in [5.74, 6) is -3.23. The van der Waals surface area contributed by atoms with Gasteiger partial charge in [-0.05, 0) is 22.5 Å². The number of benzene rings is 2. The van der Waals surface area contributed by atoms with Crippen LogP contribution in [0, 0.1) is 23.7 Å². The highest BCUT2D eigenvalue weighted by Crippen LogP contribution is 2.42. The van der Waals surface area contributed by atoms with E-state index in [-0.39, 0.29) is 25.7 Å². The molecular weight excluding hydrogens is 486 g/mol. The summed E-state index contributed by atoms with van der Waals surface area (Å²) < 4.78 is 12.0. The van der Waals surface area contributed by atoms with Crippen molar-refractivity contribution >= 4 is 27.8 Å². The quantitative estimate of drug-likeness (QED) is 0.469. The van der Waals surface area contributed by atoms with E-state index in [9.17, 15) is 14.7 Å². The fourth-order valence-corrected chi connectivity index (χ4v) is 4.91. The van der Waals surface area contributed by atoms with E-state index in [1.165, 1.54) is 0 Å². The lowest BCUT2D eigenvalue weighted by Crippen LogP contribution is -2.49. The van der Waals surface area contributed by atoms with Crippen LogP contribution in [0.4, 0.5) is 0 Å². The number of halogens is 1. The Balaban J connectivity index is 1.80. The van der Waals surface area contributed by atoms with Crippen LogP contribution >= 0.6 is 15.9 Å². The summed E-state index contributed by atoms with van der Waals surface area (Å²) in [5, 5.41) is 13.0. The number of amides is 1. The van der Waals surface area contributed by atoms with Gasteiger partial charge in [-0.3, -0.25) is 9.59 Å². The van der Waals surface area contributed by atoms with Crippen LogP contribution in [-0.4, -0.2) is 36.8 Å². The average Bonchev–Trinajstić information content (AvgIpc) is 2.84. The number of aliphatic hydroxyl groups is 1. The predicted octanol–water partition coefficient (Wildman–Crippen LogP) is 3.83. The number of carbonyl (C=O) groups excluding carboxylic acids is 2. The van der Waals surface area contributed by atoms with Crippen molar-refractivity contribution < 1.29 is 24.2 Å². The molecule has 0 aromatic heterocycles. The van der Waals surface area contributed by atoms with Crippen LogP contribution < -0.4 is 5.32 Å². The molecule has 33 heavy (non-hydrogen) atoms. The minimum absolute atomic E-state index is 0.205. The first kappa shape index (κ1) is 25.1. The van der Waals surface area contributed by atoms with Gasteiger partial charge in [0.25, 0.3) is 0 Å². The number of aliphatic hydroxyl groups excluding tert-OH is 1. The molecule has 0 radical (unpaired) electrons. The van der Waals surface area contributed by atoms with Gasteiger partial charge in [0.05, 0.1) is 38.3 Å². The van der Waals surface area contributed by atoms with E-state index in [0.717, 1.165) is 15.6 Å². The molecule has 1 aliphatic carbocycles. The third kappa shape index (κ3) is 6.76. The van der Waals surface area contributed by atoms with Gasteiger partial charge in [0, 0.05) is 18.4 Å². The highest BCUT2D eigenvalue weighted by atomic mass is 79.9. The summed E-state index contributed by atoms with van der Waals surface area (Å²) in [7, 11) is 0. The van der Waals surface area contributed by atoms with E-state index < -0.39 is 29.6 Å². The Hall–Kier alpha value is -2.48. The van der Waals surface area contributed by atoms with Gasteiger partial charge in [0.15, 0.2) is 0 Å². The van der Waals surface area contributed by atoms with Crippen molar-refractivity contribution in [3.05, 3.63) is 82.3 Å². The van der Waals surface area contributed by atoms with Crippen LogP contribution in [0.3, 0.4) is 0 Å². The molecule has 7 heteroatoms. The zero-order chi connectivity index (χ0) is 23.6. The first-order valence-corrected chi connectivity index (χ1v) is 11.9.